The van der Waals surface area contributed by atoms with Crippen molar-refractivity contribution in [3.05, 3.63) is 59.2 Å². The van der Waals surface area contributed by atoms with E-state index in [1.807, 2.05) is 38.1 Å². The van der Waals surface area contributed by atoms with Crippen LogP contribution >= 0.6 is 0 Å². The number of hydrogen-bond donors (Lipinski definition) is 0. The highest BCUT2D eigenvalue weighted by molar-refractivity contribution is 7.89. The van der Waals surface area contributed by atoms with E-state index in [2.05, 4.69) is 0 Å². The van der Waals surface area contributed by atoms with Crippen LogP contribution in [0.15, 0.2) is 47.4 Å². The van der Waals surface area contributed by atoms with Gasteiger partial charge < -0.3 is 14.4 Å². The lowest BCUT2D eigenvalue weighted by Gasteiger charge is -2.27. The van der Waals surface area contributed by atoms with Gasteiger partial charge in [0.05, 0.1) is 30.8 Å². The molecule has 0 spiro atoms. The Morgan fingerprint density at radius 1 is 1.13 bits per heavy atom. The number of aryl methyl sites for hydroxylation is 1. The Bertz CT molecular complexity index is 999. The van der Waals surface area contributed by atoms with Crippen molar-refractivity contribution in [1.82, 2.24) is 9.21 Å². The van der Waals surface area contributed by atoms with Crippen LogP contribution < -0.4 is 4.74 Å². The molecule has 1 fully saturated rings. The van der Waals surface area contributed by atoms with Gasteiger partial charge in [-0.3, -0.25) is 4.79 Å². The molecule has 1 aliphatic heterocycles. The fourth-order valence-electron chi connectivity index (χ4n) is 3.56. The number of carbonyl (C=O) groups excluding carboxylic acids is 1. The number of hydrogen-bond acceptors (Lipinski definition) is 5. The van der Waals surface area contributed by atoms with E-state index in [0.29, 0.717) is 45.1 Å². The van der Waals surface area contributed by atoms with Crippen molar-refractivity contribution in [3.8, 4) is 5.75 Å². The topological polar surface area (TPSA) is 76.2 Å². The molecule has 3 rings (SSSR count). The number of morpholine rings is 1. The molecule has 2 aromatic rings. The molecule has 1 heterocycles. The van der Waals surface area contributed by atoms with Gasteiger partial charge in [-0.2, -0.15) is 4.31 Å². The lowest BCUT2D eigenvalue weighted by molar-refractivity contribution is 0.0728. The van der Waals surface area contributed by atoms with E-state index in [-0.39, 0.29) is 16.4 Å². The summed E-state index contributed by atoms with van der Waals surface area (Å²) < 4.78 is 38.2. The fourth-order valence-corrected chi connectivity index (χ4v) is 4.99. The van der Waals surface area contributed by atoms with Crippen LogP contribution in [0.5, 0.6) is 5.75 Å². The van der Waals surface area contributed by atoms with Crippen LogP contribution in [0.2, 0.25) is 0 Å². The minimum atomic E-state index is -3.72. The standard InChI is InChI=1S/C23H30N2O5S/c1-4-11-24(17-19-7-5-18(2)6-8-19)23(26)21-16-20(9-10-22(21)29-3)31(27,28)25-12-14-30-15-13-25/h5-10,16H,4,11-15,17H2,1-3H3. The summed E-state index contributed by atoms with van der Waals surface area (Å²) in [6, 6.07) is 12.5. The molecule has 31 heavy (non-hydrogen) atoms. The minimum absolute atomic E-state index is 0.0883. The summed E-state index contributed by atoms with van der Waals surface area (Å²) in [6.07, 6.45) is 0.783. The van der Waals surface area contributed by atoms with Gasteiger partial charge in [0.2, 0.25) is 10.0 Å². The first-order valence-corrected chi connectivity index (χ1v) is 11.9. The van der Waals surface area contributed by atoms with Crippen LogP contribution in [-0.2, 0) is 21.3 Å². The Morgan fingerprint density at radius 2 is 1.81 bits per heavy atom. The van der Waals surface area contributed by atoms with Crippen molar-refractivity contribution < 1.29 is 22.7 Å². The maximum Gasteiger partial charge on any atom is 0.257 e. The van der Waals surface area contributed by atoms with E-state index in [1.165, 1.54) is 23.5 Å². The van der Waals surface area contributed by atoms with Crippen LogP contribution in [0.1, 0.15) is 34.8 Å². The Kier molecular flexibility index (Phi) is 7.69. The summed E-state index contributed by atoms with van der Waals surface area (Å²) in [4.78, 5) is 15.3. The molecule has 0 saturated carbocycles. The quantitative estimate of drug-likeness (QED) is 0.623. The molecule has 0 bridgehead atoms. The Morgan fingerprint density at radius 3 is 2.42 bits per heavy atom. The van der Waals surface area contributed by atoms with Crippen molar-refractivity contribution >= 4 is 15.9 Å². The van der Waals surface area contributed by atoms with E-state index >= 15 is 0 Å². The van der Waals surface area contributed by atoms with Crippen molar-refractivity contribution in [2.75, 3.05) is 40.0 Å². The molecule has 0 aromatic heterocycles. The Hall–Kier alpha value is -2.42. The van der Waals surface area contributed by atoms with Crippen LogP contribution in [-0.4, -0.2) is 63.5 Å². The zero-order valence-electron chi connectivity index (χ0n) is 18.3. The van der Waals surface area contributed by atoms with Crippen molar-refractivity contribution in [3.63, 3.8) is 0 Å². The molecule has 7 nitrogen and oxygen atoms in total. The zero-order valence-corrected chi connectivity index (χ0v) is 19.2. The monoisotopic (exact) mass is 446 g/mol. The molecule has 0 unspecified atom stereocenters. The van der Waals surface area contributed by atoms with Crippen molar-refractivity contribution in [2.24, 2.45) is 0 Å². The number of amides is 1. The second-order valence-corrected chi connectivity index (χ2v) is 9.53. The van der Waals surface area contributed by atoms with Crippen LogP contribution in [0, 0.1) is 6.92 Å². The SMILES string of the molecule is CCCN(Cc1ccc(C)cc1)C(=O)c1cc(S(=O)(=O)N2CCOCC2)ccc1OC. The second-order valence-electron chi connectivity index (χ2n) is 7.59. The molecule has 0 radical (unpaired) electrons. The molecular formula is C23H30N2O5S. The lowest BCUT2D eigenvalue weighted by atomic mass is 10.1. The van der Waals surface area contributed by atoms with E-state index in [4.69, 9.17) is 9.47 Å². The van der Waals surface area contributed by atoms with Crippen LogP contribution in [0.3, 0.4) is 0 Å². The van der Waals surface area contributed by atoms with Gasteiger partial charge >= 0.3 is 0 Å². The van der Waals surface area contributed by atoms with Gasteiger partial charge in [-0.05, 0) is 37.1 Å². The first-order chi connectivity index (χ1) is 14.9. The Labute approximate surface area is 184 Å². The number of benzene rings is 2. The molecule has 1 aliphatic rings. The molecule has 0 aliphatic carbocycles. The van der Waals surface area contributed by atoms with Crippen molar-refractivity contribution in [1.29, 1.82) is 0 Å². The fraction of sp³-hybridized carbons (Fsp3) is 0.435. The van der Waals surface area contributed by atoms with Gasteiger partial charge in [0.15, 0.2) is 0 Å². The van der Waals surface area contributed by atoms with E-state index < -0.39 is 10.0 Å². The number of methoxy groups -OCH3 is 1. The largest absolute Gasteiger partial charge is 0.496 e. The molecular weight excluding hydrogens is 416 g/mol. The van der Waals surface area contributed by atoms with Gasteiger partial charge in [0.25, 0.3) is 5.91 Å². The highest BCUT2D eigenvalue weighted by atomic mass is 32.2. The summed E-state index contributed by atoms with van der Waals surface area (Å²) >= 11 is 0. The Balaban J connectivity index is 1.93. The summed E-state index contributed by atoms with van der Waals surface area (Å²) in [7, 11) is -2.24. The van der Waals surface area contributed by atoms with E-state index in [9.17, 15) is 13.2 Å². The number of nitrogens with zero attached hydrogens (tertiary/aromatic N) is 2. The molecule has 1 amide bonds. The molecule has 1 saturated heterocycles. The highest BCUT2D eigenvalue weighted by Crippen LogP contribution is 2.27. The van der Waals surface area contributed by atoms with Crippen molar-refractivity contribution in [2.45, 2.75) is 31.7 Å². The molecule has 168 valence electrons. The maximum absolute atomic E-state index is 13.5. The van der Waals surface area contributed by atoms with E-state index in [1.54, 1.807) is 11.0 Å². The minimum Gasteiger partial charge on any atom is -0.496 e. The number of ether oxygens (including phenoxy) is 2. The molecule has 0 atom stereocenters. The molecule has 0 N–H and O–H groups in total. The van der Waals surface area contributed by atoms with Gasteiger partial charge in [-0.1, -0.05) is 36.8 Å². The van der Waals surface area contributed by atoms with Gasteiger partial charge in [-0.15, -0.1) is 0 Å². The number of sulfonamides is 1. The molecule has 8 heteroatoms. The van der Waals surface area contributed by atoms with Crippen LogP contribution in [0.4, 0.5) is 0 Å². The number of rotatable bonds is 8. The smallest absolute Gasteiger partial charge is 0.257 e. The highest BCUT2D eigenvalue weighted by Gasteiger charge is 2.29. The van der Waals surface area contributed by atoms with E-state index in [0.717, 1.165) is 17.5 Å². The summed E-state index contributed by atoms with van der Waals surface area (Å²) in [5, 5.41) is 0. The normalized spacial score (nSPS) is 14.9. The summed E-state index contributed by atoms with van der Waals surface area (Å²) in [6.45, 7) is 6.34. The predicted octanol–water partition coefficient (Wildman–Crippen LogP) is 3.08. The predicted molar refractivity (Wildman–Crippen MR) is 119 cm³/mol. The summed E-state index contributed by atoms with van der Waals surface area (Å²) in [5.74, 6) is 0.106. The maximum atomic E-state index is 13.5. The third kappa shape index (κ3) is 5.44. The average Bonchev–Trinajstić information content (AvgIpc) is 2.79. The van der Waals surface area contributed by atoms with Gasteiger partial charge in [0, 0.05) is 26.2 Å². The first-order valence-electron chi connectivity index (χ1n) is 10.5. The summed E-state index contributed by atoms with van der Waals surface area (Å²) in [5.41, 5.74) is 2.42. The zero-order chi connectivity index (χ0) is 22.4. The van der Waals surface area contributed by atoms with Gasteiger partial charge in [-0.25, -0.2) is 8.42 Å². The molecule has 2 aromatic carbocycles. The lowest BCUT2D eigenvalue weighted by Crippen LogP contribution is -2.40. The van der Waals surface area contributed by atoms with Gasteiger partial charge in [0.1, 0.15) is 5.75 Å². The van der Waals surface area contributed by atoms with Crippen LogP contribution in [0.25, 0.3) is 0 Å². The average molecular weight is 447 g/mol. The third-order valence-electron chi connectivity index (χ3n) is 5.28. The second kappa shape index (κ2) is 10.3. The first kappa shape index (κ1) is 23.2. The number of carbonyl (C=O) groups is 1. The third-order valence-corrected chi connectivity index (χ3v) is 7.18.